The Hall–Kier alpha value is -0.930. The Bertz CT molecular complexity index is 451. The summed E-state index contributed by atoms with van der Waals surface area (Å²) in [7, 11) is 2.03. The Balaban J connectivity index is 0.000000980. The molecule has 0 aliphatic carbocycles. The van der Waals surface area contributed by atoms with Crippen molar-refractivity contribution in [3.63, 3.8) is 0 Å². The van der Waals surface area contributed by atoms with E-state index in [-0.39, 0.29) is 24.8 Å². The molecule has 5 heteroatoms. The third-order valence-corrected chi connectivity index (χ3v) is 2.31. The molecule has 0 aliphatic heterocycles. The lowest BCUT2D eigenvalue weighted by Gasteiger charge is -1.97. The lowest BCUT2D eigenvalue weighted by atomic mass is 10.3. The SMILES string of the molecule is CCc1nc2cc(N)ccc2n1C.Cl.Cl. The average Bonchev–Trinajstić information content (AvgIpc) is 2.42. The number of benzene rings is 1. The van der Waals surface area contributed by atoms with Crippen molar-refractivity contribution in [3.8, 4) is 0 Å². The molecule has 0 bridgehead atoms. The van der Waals surface area contributed by atoms with Crippen LogP contribution >= 0.6 is 24.8 Å². The van der Waals surface area contributed by atoms with Gasteiger partial charge in [0.2, 0.25) is 0 Å². The van der Waals surface area contributed by atoms with Crippen LogP contribution in [0.15, 0.2) is 18.2 Å². The predicted octanol–water partition coefficient (Wildman–Crippen LogP) is 2.56. The molecule has 0 atom stereocenters. The standard InChI is InChI=1S/C10H13N3.2ClH/c1-3-10-12-8-6-7(11)4-5-9(8)13(10)2;;/h4-6H,3,11H2,1-2H3;2*1H. The van der Waals surface area contributed by atoms with Crippen molar-refractivity contribution >= 4 is 41.5 Å². The summed E-state index contributed by atoms with van der Waals surface area (Å²) >= 11 is 0. The number of nitrogens with two attached hydrogens (primary N) is 1. The number of hydrogen-bond acceptors (Lipinski definition) is 2. The van der Waals surface area contributed by atoms with Gasteiger partial charge < -0.3 is 10.3 Å². The molecular formula is C10H15Cl2N3. The number of imidazole rings is 1. The molecule has 0 spiro atoms. The van der Waals surface area contributed by atoms with Gasteiger partial charge >= 0.3 is 0 Å². The van der Waals surface area contributed by atoms with Crippen molar-refractivity contribution in [3.05, 3.63) is 24.0 Å². The number of nitrogens with zero attached hydrogens (tertiary/aromatic N) is 2. The highest BCUT2D eigenvalue weighted by molar-refractivity contribution is 5.85. The molecule has 0 saturated heterocycles. The normalized spacial score (nSPS) is 9.47. The van der Waals surface area contributed by atoms with Crippen LogP contribution in [0.4, 0.5) is 5.69 Å². The van der Waals surface area contributed by atoms with E-state index in [1.54, 1.807) is 0 Å². The first-order valence-electron chi connectivity index (χ1n) is 4.43. The van der Waals surface area contributed by atoms with E-state index in [0.29, 0.717) is 0 Å². The van der Waals surface area contributed by atoms with Crippen molar-refractivity contribution < 1.29 is 0 Å². The Morgan fingerprint density at radius 1 is 1.33 bits per heavy atom. The van der Waals surface area contributed by atoms with E-state index in [9.17, 15) is 0 Å². The molecule has 0 amide bonds. The fourth-order valence-corrected chi connectivity index (χ4v) is 1.58. The first-order valence-corrected chi connectivity index (χ1v) is 4.43. The minimum Gasteiger partial charge on any atom is -0.399 e. The van der Waals surface area contributed by atoms with E-state index in [0.717, 1.165) is 29.0 Å². The van der Waals surface area contributed by atoms with Crippen LogP contribution in [0.25, 0.3) is 11.0 Å². The summed E-state index contributed by atoms with van der Waals surface area (Å²) in [5.41, 5.74) is 8.58. The summed E-state index contributed by atoms with van der Waals surface area (Å²) in [6.45, 7) is 2.10. The molecule has 2 rings (SSSR count). The Labute approximate surface area is 101 Å². The largest absolute Gasteiger partial charge is 0.399 e. The zero-order valence-electron chi connectivity index (χ0n) is 8.73. The van der Waals surface area contributed by atoms with Gasteiger partial charge in [-0.15, -0.1) is 24.8 Å². The van der Waals surface area contributed by atoms with Crippen LogP contribution in [-0.2, 0) is 13.5 Å². The first-order chi connectivity index (χ1) is 6.22. The zero-order chi connectivity index (χ0) is 9.42. The number of rotatable bonds is 1. The van der Waals surface area contributed by atoms with Gasteiger partial charge in [0, 0.05) is 19.2 Å². The van der Waals surface area contributed by atoms with E-state index in [1.165, 1.54) is 0 Å². The predicted molar refractivity (Wildman–Crippen MR) is 69.0 cm³/mol. The van der Waals surface area contributed by atoms with Gasteiger partial charge in [-0.2, -0.15) is 0 Å². The minimum absolute atomic E-state index is 0. The molecule has 1 aromatic carbocycles. The Morgan fingerprint density at radius 3 is 2.60 bits per heavy atom. The lowest BCUT2D eigenvalue weighted by Crippen LogP contribution is -1.94. The van der Waals surface area contributed by atoms with E-state index in [4.69, 9.17) is 5.73 Å². The van der Waals surface area contributed by atoms with Gasteiger partial charge in [0.25, 0.3) is 0 Å². The molecule has 0 unspecified atom stereocenters. The van der Waals surface area contributed by atoms with Crippen LogP contribution in [0.1, 0.15) is 12.7 Å². The van der Waals surface area contributed by atoms with E-state index in [1.807, 2.05) is 25.2 Å². The van der Waals surface area contributed by atoms with Gasteiger partial charge in [0.05, 0.1) is 11.0 Å². The Morgan fingerprint density at radius 2 is 2.00 bits per heavy atom. The maximum Gasteiger partial charge on any atom is 0.109 e. The topological polar surface area (TPSA) is 43.8 Å². The van der Waals surface area contributed by atoms with Gasteiger partial charge in [-0.3, -0.25) is 0 Å². The second-order valence-electron chi connectivity index (χ2n) is 3.19. The molecule has 0 fully saturated rings. The smallest absolute Gasteiger partial charge is 0.109 e. The number of fused-ring (bicyclic) bond motifs is 1. The molecule has 15 heavy (non-hydrogen) atoms. The number of halogens is 2. The third-order valence-electron chi connectivity index (χ3n) is 2.31. The van der Waals surface area contributed by atoms with Crippen molar-refractivity contribution in [2.75, 3.05) is 5.73 Å². The maximum atomic E-state index is 5.68. The van der Waals surface area contributed by atoms with Gasteiger partial charge in [-0.1, -0.05) is 6.92 Å². The fraction of sp³-hybridized carbons (Fsp3) is 0.300. The highest BCUT2D eigenvalue weighted by Gasteiger charge is 2.04. The molecule has 84 valence electrons. The molecule has 1 aromatic heterocycles. The van der Waals surface area contributed by atoms with Crippen LogP contribution in [0.2, 0.25) is 0 Å². The van der Waals surface area contributed by atoms with E-state index < -0.39 is 0 Å². The number of hydrogen-bond donors (Lipinski definition) is 1. The maximum absolute atomic E-state index is 5.68. The van der Waals surface area contributed by atoms with Crippen molar-refractivity contribution in [2.24, 2.45) is 7.05 Å². The summed E-state index contributed by atoms with van der Waals surface area (Å²) in [5, 5.41) is 0. The molecule has 3 nitrogen and oxygen atoms in total. The minimum atomic E-state index is 0. The first kappa shape index (κ1) is 14.1. The number of aromatic nitrogens is 2. The van der Waals surface area contributed by atoms with Crippen molar-refractivity contribution in [1.82, 2.24) is 9.55 Å². The van der Waals surface area contributed by atoms with Crippen LogP contribution in [-0.4, -0.2) is 9.55 Å². The van der Waals surface area contributed by atoms with Gasteiger partial charge in [0.1, 0.15) is 5.82 Å². The van der Waals surface area contributed by atoms with Crippen molar-refractivity contribution in [2.45, 2.75) is 13.3 Å². The highest BCUT2D eigenvalue weighted by atomic mass is 35.5. The molecule has 2 aromatic rings. The zero-order valence-corrected chi connectivity index (χ0v) is 10.4. The summed E-state index contributed by atoms with van der Waals surface area (Å²) in [6.07, 6.45) is 0.949. The van der Waals surface area contributed by atoms with Crippen molar-refractivity contribution in [1.29, 1.82) is 0 Å². The molecule has 0 saturated carbocycles. The van der Waals surface area contributed by atoms with Crippen LogP contribution < -0.4 is 5.73 Å². The summed E-state index contributed by atoms with van der Waals surface area (Å²) in [4.78, 5) is 4.47. The quantitative estimate of drug-likeness (QED) is 0.788. The molecule has 0 radical (unpaired) electrons. The number of anilines is 1. The molecule has 1 heterocycles. The third kappa shape index (κ3) is 2.36. The van der Waals surface area contributed by atoms with Gasteiger partial charge in [0.15, 0.2) is 0 Å². The van der Waals surface area contributed by atoms with Gasteiger partial charge in [-0.25, -0.2) is 4.98 Å². The average molecular weight is 248 g/mol. The van der Waals surface area contributed by atoms with Crippen LogP contribution in [0, 0.1) is 0 Å². The molecular weight excluding hydrogens is 233 g/mol. The molecule has 0 aliphatic rings. The second-order valence-corrected chi connectivity index (χ2v) is 3.19. The number of aryl methyl sites for hydroxylation is 2. The number of nitrogen functional groups attached to an aromatic ring is 1. The fourth-order valence-electron chi connectivity index (χ4n) is 1.58. The molecule has 2 N–H and O–H groups in total. The van der Waals surface area contributed by atoms with Crippen LogP contribution in [0.3, 0.4) is 0 Å². The van der Waals surface area contributed by atoms with Crippen LogP contribution in [0.5, 0.6) is 0 Å². The highest BCUT2D eigenvalue weighted by Crippen LogP contribution is 2.17. The summed E-state index contributed by atoms with van der Waals surface area (Å²) < 4.78 is 2.11. The second kappa shape index (κ2) is 5.24. The lowest BCUT2D eigenvalue weighted by molar-refractivity contribution is 0.829. The monoisotopic (exact) mass is 247 g/mol. The van der Waals surface area contributed by atoms with Gasteiger partial charge in [-0.05, 0) is 18.2 Å². The van der Waals surface area contributed by atoms with E-state index >= 15 is 0 Å². The Kier molecular flexibility index (Phi) is 4.91. The summed E-state index contributed by atoms with van der Waals surface area (Å²) in [6, 6.07) is 5.83. The summed E-state index contributed by atoms with van der Waals surface area (Å²) in [5.74, 6) is 1.10. The van der Waals surface area contributed by atoms with E-state index in [2.05, 4.69) is 16.5 Å².